The summed E-state index contributed by atoms with van der Waals surface area (Å²) in [5, 5.41) is 9.47. The van der Waals surface area contributed by atoms with Crippen molar-refractivity contribution in [2.45, 2.75) is 26.2 Å². The van der Waals surface area contributed by atoms with Gasteiger partial charge in [-0.15, -0.1) is 0 Å². The van der Waals surface area contributed by atoms with Gasteiger partial charge in [0.1, 0.15) is 11.5 Å². The summed E-state index contributed by atoms with van der Waals surface area (Å²) in [6.45, 7) is 5.40. The summed E-state index contributed by atoms with van der Waals surface area (Å²) in [5.41, 5.74) is -0.236. The summed E-state index contributed by atoms with van der Waals surface area (Å²) in [4.78, 5) is 15.3. The van der Waals surface area contributed by atoms with Gasteiger partial charge in [-0.3, -0.25) is 0 Å². The van der Waals surface area contributed by atoms with Gasteiger partial charge in [0.25, 0.3) is 0 Å². The van der Waals surface area contributed by atoms with Gasteiger partial charge in [0, 0.05) is 10.4 Å². The molecule has 1 aromatic carbocycles. The summed E-state index contributed by atoms with van der Waals surface area (Å²) in [6, 6.07) is 3.92. The van der Waals surface area contributed by atoms with Crippen molar-refractivity contribution < 1.29 is 18.7 Å². The molecular weight excluding hydrogens is 285 g/mol. The van der Waals surface area contributed by atoms with Crippen LogP contribution in [0, 0.1) is 5.82 Å². The maximum Gasteiger partial charge on any atom is 0.373 e. The van der Waals surface area contributed by atoms with Crippen LogP contribution >= 0.6 is 11.6 Å². The predicted octanol–water partition coefficient (Wildman–Crippen LogP) is 4.13. The number of hydrogen-bond donors (Lipinski definition) is 1. The fourth-order valence-electron chi connectivity index (χ4n) is 1.75. The molecule has 106 valence electrons. The predicted molar refractivity (Wildman–Crippen MR) is 72.6 cm³/mol. The average Bonchev–Trinajstić information content (AvgIpc) is 2.77. The first-order chi connectivity index (χ1) is 9.20. The molecule has 1 heterocycles. The molecule has 0 atom stereocenters. The Morgan fingerprint density at radius 3 is 2.55 bits per heavy atom. The van der Waals surface area contributed by atoms with Crippen molar-refractivity contribution >= 4 is 17.6 Å². The van der Waals surface area contributed by atoms with Crippen LogP contribution in [0.1, 0.15) is 37.0 Å². The first-order valence-corrected chi connectivity index (χ1v) is 6.28. The Bertz CT molecular complexity index is 674. The Kier molecular flexibility index (Phi) is 3.56. The lowest BCUT2D eigenvalue weighted by atomic mass is 9.91. The summed E-state index contributed by atoms with van der Waals surface area (Å²) < 4.78 is 19.0. The van der Waals surface area contributed by atoms with Crippen LogP contribution in [0.25, 0.3) is 11.5 Å². The highest BCUT2D eigenvalue weighted by Crippen LogP contribution is 2.32. The number of carboxylic acids is 1. The van der Waals surface area contributed by atoms with Crippen molar-refractivity contribution in [2.75, 3.05) is 0 Å². The van der Waals surface area contributed by atoms with Crippen LogP contribution in [-0.2, 0) is 5.41 Å². The van der Waals surface area contributed by atoms with E-state index in [-0.39, 0.29) is 22.9 Å². The molecule has 0 radical (unpaired) electrons. The van der Waals surface area contributed by atoms with Crippen molar-refractivity contribution in [2.24, 2.45) is 0 Å². The third kappa shape index (κ3) is 2.67. The molecule has 20 heavy (non-hydrogen) atoms. The van der Waals surface area contributed by atoms with E-state index in [1.54, 1.807) is 20.8 Å². The zero-order valence-corrected chi connectivity index (χ0v) is 12.0. The van der Waals surface area contributed by atoms with Gasteiger partial charge >= 0.3 is 5.97 Å². The van der Waals surface area contributed by atoms with E-state index in [2.05, 4.69) is 4.98 Å². The molecule has 2 aromatic rings. The fraction of sp³-hybridized carbons (Fsp3) is 0.286. The zero-order valence-electron chi connectivity index (χ0n) is 11.2. The molecule has 1 aromatic heterocycles. The number of nitrogens with zero attached hydrogens (tertiary/aromatic N) is 1. The second-order valence-corrected chi connectivity index (χ2v) is 5.81. The minimum absolute atomic E-state index is 0.0375. The number of benzene rings is 1. The number of oxazole rings is 1. The number of aromatic carboxylic acids is 1. The Morgan fingerprint density at radius 1 is 1.40 bits per heavy atom. The van der Waals surface area contributed by atoms with E-state index in [0.29, 0.717) is 5.02 Å². The molecule has 0 unspecified atom stereocenters. The van der Waals surface area contributed by atoms with E-state index in [1.807, 2.05) is 0 Å². The molecule has 0 amide bonds. The third-order valence-corrected chi connectivity index (χ3v) is 2.93. The molecular formula is C14H13ClFNO3. The highest BCUT2D eigenvalue weighted by molar-refractivity contribution is 6.30. The minimum Gasteiger partial charge on any atom is -0.475 e. The van der Waals surface area contributed by atoms with Gasteiger partial charge in [0.05, 0.1) is 5.56 Å². The van der Waals surface area contributed by atoms with E-state index in [4.69, 9.17) is 21.1 Å². The lowest BCUT2D eigenvalue weighted by Gasteiger charge is -2.14. The summed E-state index contributed by atoms with van der Waals surface area (Å²) in [5.74, 6) is -2.19. The average molecular weight is 298 g/mol. The molecule has 0 aliphatic carbocycles. The highest BCUT2D eigenvalue weighted by Gasteiger charge is 2.29. The summed E-state index contributed by atoms with van der Waals surface area (Å²) in [6.07, 6.45) is 0. The first-order valence-electron chi connectivity index (χ1n) is 5.90. The standard InChI is InChI=1S/C14H13ClFNO3/c1-14(2,3)11-10(13(18)19)20-12(17-11)8-6-7(15)4-5-9(8)16/h4-6H,1-3H3,(H,18,19). The largest absolute Gasteiger partial charge is 0.475 e. The molecule has 0 saturated heterocycles. The van der Waals surface area contributed by atoms with E-state index < -0.39 is 17.2 Å². The van der Waals surface area contributed by atoms with Crippen molar-refractivity contribution in [3.63, 3.8) is 0 Å². The molecule has 6 heteroatoms. The number of carbonyl (C=O) groups is 1. The van der Waals surface area contributed by atoms with E-state index in [1.165, 1.54) is 18.2 Å². The fourth-order valence-corrected chi connectivity index (χ4v) is 1.92. The lowest BCUT2D eigenvalue weighted by Crippen LogP contribution is -2.16. The Hall–Kier alpha value is -1.88. The topological polar surface area (TPSA) is 63.3 Å². The van der Waals surface area contributed by atoms with Crippen LogP contribution < -0.4 is 0 Å². The number of hydrogen-bond acceptors (Lipinski definition) is 3. The van der Waals surface area contributed by atoms with Crippen LogP contribution in [0.5, 0.6) is 0 Å². The van der Waals surface area contributed by atoms with Crippen molar-refractivity contribution in [1.82, 2.24) is 4.98 Å². The van der Waals surface area contributed by atoms with Gasteiger partial charge in [-0.2, -0.15) is 0 Å². The Labute approximate surface area is 120 Å². The monoisotopic (exact) mass is 297 g/mol. The number of halogens is 2. The van der Waals surface area contributed by atoms with Crippen molar-refractivity contribution in [3.8, 4) is 11.5 Å². The summed E-state index contributed by atoms with van der Waals surface area (Å²) in [7, 11) is 0. The minimum atomic E-state index is -1.24. The van der Waals surface area contributed by atoms with E-state index in [0.717, 1.165) is 0 Å². The number of rotatable bonds is 2. The number of carboxylic acid groups (broad SMARTS) is 1. The normalized spacial score (nSPS) is 11.7. The molecule has 0 aliphatic rings. The maximum absolute atomic E-state index is 13.8. The smallest absolute Gasteiger partial charge is 0.373 e. The highest BCUT2D eigenvalue weighted by atomic mass is 35.5. The lowest BCUT2D eigenvalue weighted by molar-refractivity contribution is 0.0659. The van der Waals surface area contributed by atoms with E-state index >= 15 is 0 Å². The van der Waals surface area contributed by atoms with Crippen LogP contribution in [0.2, 0.25) is 5.02 Å². The molecule has 0 fully saturated rings. The number of aromatic nitrogens is 1. The van der Waals surface area contributed by atoms with E-state index in [9.17, 15) is 9.18 Å². The quantitative estimate of drug-likeness (QED) is 0.905. The summed E-state index contributed by atoms with van der Waals surface area (Å²) >= 11 is 5.81. The Balaban J connectivity index is 2.65. The van der Waals surface area contributed by atoms with Gasteiger partial charge < -0.3 is 9.52 Å². The molecule has 0 spiro atoms. The molecule has 2 rings (SSSR count). The van der Waals surface area contributed by atoms with Gasteiger partial charge in [-0.25, -0.2) is 14.2 Å². The molecule has 4 nitrogen and oxygen atoms in total. The SMILES string of the molecule is CC(C)(C)c1nc(-c2cc(Cl)ccc2F)oc1C(=O)O. The zero-order chi connectivity index (χ0) is 15.1. The first kappa shape index (κ1) is 14.5. The third-order valence-electron chi connectivity index (χ3n) is 2.69. The molecule has 0 saturated carbocycles. The van der Waals surface area contributed by atoms with Crippen molar-refractivity contribution in [3.05, 3.63) is 40.5 Å². The van der Waals surface area contributed by atoms with Crippen LogP contribution in [0.3, 0.4) is 0 Å². The molecule has 0 aliphatic heterocycles. The van der Waals surface area contributed by atoms with Crippen LogP contribution in [-0.4, -0.2) is 16.1 Å². The van der Waals surface area contributed by atoms with Gasteiger partial charge in [-0.05, 0) is 18.2 Å². The van der Waals surface area contributed by atoms with Crippen LogP contribution in [0.4, 0.5) is 4.39 Å². The van der Waals surface area contributed by atoms with Crippen LogP contribution in [0.15, 0.2) is 22.6 Å². The molecule has 0 bridgehead atoms. The Morgan fingerprint density at radius 2 is 2.05 bits per heavy atom. The maximum atomic E-state index is 13.8. The second-order valence-electron chi connectivity index (χ2n) is 5.38. The van der Waals surface area contributed by atoms with Gasteiger partial charge in [0.2, 0.25) is 11.7 Å². The van der Waals surface area contributed by atoms with Gasteiger partial charge in [0.15, 0.2) is 0 Å². The van der Waals surface area contributed by atoms with Gasteiger partial charge in [-0.1, -0.05) is 32.4 Å². The van der Waals surface area contributed by atoms with Crippen molar-refractivity contribution in [1.29, 1.82) is 0 Å². The molecule has 1 N–H and O–H groups in total. The second kappa shape index (κ2) is 4.90.